The number of methoxy groups -OCH3 is 4. The second-order valence-electron chi connectivity index (χ2n) is 13.6. The van der Waals surface area contributed by atoms with E-state index in [1.807, 2.05) is 135 Å². The molecule has 10 heteroatoms. The van der Waals surface area contributed by atoms with E-state index in [2.05, 4.69) is 19.6 Å². The smallest absolute Gasteiger partial charge is 0.120 e. The molecule has 290 valence electrons. The van der Waals surface area contributed by atoms with Crippen molar-refractivity contribution in [2.45, 2.75) is 13.1 Å². The van der Waals surface area contributed by atoms with E-state index in [0.717, 1.165) is 81.3 Å². The topological polar surface area (TPSA) is 90.3 Å². The highest BCUT2D eigenvalue weighted by Crippen LogP contribution is 2.40. The van der Waals surface area contributed by atoms with Gasteiger partial charge in [-0.25, -0.2) is 0 Å². The molecule has 0 spiro atoms. The molecule has 6 rings (SSSR count). The molecule has 0 unspecified atom stereocenters. The summed E-state index contributed by atoms with van der Waals surface area (Å²) in [6.07, 6.45) is 0. The predicted octanol–water partition coefficient (Wildman–Crippen LogP) is 9.64. The molecular weight excluding hydrogens is 705 g/mol. The highest BCUT2D eigenvalue weighted by atomic mass is 16.5. The fraction of sp³-hybridized carbons (Fsp3) is 0.217. The number of phenols is 2. The van der Waals surface area contributed by atoms with Crippen molar-refractivity contribution in [3.63, 3.8) is 0 Å². The van der Waals surface area contributed by atoms with Gasteiger partial charge in [-0.05, 0) is 148 Å². The molecule has 10 nitrogen and oxygen atoms in total. The van der Waals surface area contributed by atoms with Crippen molar-refractivity contribution >= 4 is 34.1 Å². The number of hydrogen-bond donors (Lipinski definition) is 2. The van der Waals surface area contributed by atoms with Crippen LogP contribution in [0.2, 0.25) is 0 Å². The van der Waals surface area contributed by atoms with Crippen LogP contribution in [0.25, 0.3) is 0 Å². The van der Waals surface area contributed by atoms with E-state index >= 15 is 0 Å². The number of aromatic hydroxyl groups is 2. The lowest BCUT2D eigenvalue weighted by Gasteiger charge is -2.28. The Morgan fingerprint density at radius 1 is 0.375 bits per heavy atom. The quantitative estimate of drug-likeness (QED) is 0.0939. The third kappa shape index (κ3) is 9.46. The third-order valence-electron chi connectivity index (χ3n) is 9.71. The van der Waals surface area contributed by atoms with Gasteiger partial charge in [0.2, 0.25) is 0 Å². The summed E-state index contributed by atoms with van der Waals surface area (Å²) in [4.78, 5) is 8.65. The predicted molar refractivity (Wildman–Crippen MR) is 224 cm³/mol. The molecule has 2 N–H and O–H groups in total. The molecular formula is C46H50N4O6. The highest BCUT2D eigenvalue weighted by Gasteiger charge is 2.18. The maximum absolute atomic E-state index is 11.0. The number of ether oxygens (including phenoxy) is 4. The van der Waals surface area contributed by atoms with Gasteiger partial charge >= 0.3 is 0 Å². The summed E-state index contributed by atoms with van der Waals surface area (Å²) in [5.74, 6) is 3.56. The number of likely N-dealkylation sites (N-methyl/N-ethyl adjacent to an activating group) is 2. The summed E-state index contributed by atoms with van der Waals surface area (Å²) in [5, 5.41) is 22.0. The lowest BCUT2D eigenvalue weighted by molar-refractivity contribution is 0.244. The van der Waals surface area contributed by atoms with Gasteiger partial charge in [-0.3, -0.25) is 0 Å². The maximum atomic E-state index is 11.0. The molecule has 0 amide bonds. The minimum atomic E-state index is 0.235. The molecule has 0 bridgehead atoms. The van der Waals surface area contributed by atoms with Gasteiger partial charge in [0.25, 0.3) is 0 Å². The minimum absolute atomic E-state index is 0.235. The van der Waals surface area contributed by atoms with Gasteiger partial charge in [-0.2, -0.15) is 0 Å². The SMILES string of the molecule is COc1ccc(N(c2ccc(OC)cc2)c2ccc(O)c(CN(C)CCN(C)Cc3cc(N(c4ccc(OC)cc4)c4ccc(OC)cc4)ccc3O)c2)cc1. The lowest BCUT2D eigenvalue weighted by Crippen LogP contribution is -2.30. The summed E-state index contributed by atoms with van der Waals surface area (Å²) in [6, 6.07) is 43.0. The molecule has 0 saturated carbocycles. The van der Waals surface area contributed by atoms with Crippen molar-refractivity contribution in [2.75, 3.05) is 65.4 Å². The van der Waals surface area contributed by atoms with E-state index < -0.39 is 0 Å². The summed E-state index contributed by atoms with van der Waals surface area (Å²) in [5.41, 5.74) is 7.23. The molecule has 0 aliphatic carbocycles. The van der Waals surface area contributed by atoms with E-state index in [4.69, 9.17) is 18.9 Å². The van der Waals surface area contributed by atoms with Crippen LogP contribution in [0.15, 0.2) is 133 Å². The van der Waals surface area contributed by atoms with Crippen LogP contribution in [0.3, 0.4) is 0 Å². The van der Waals surface area contributed by atoms with E-state index in [1.54, 1.807) is 40.6 Å². The Balaban J connectivity index is 1.16. The Morgan fingerprint density at radius 3 is 0.875 bits per heavy atom. The van der Waals surface area contributed by atoms with Crippen LogP contribution in [0, 0.1) is 0 Å². The molecule has 0 radical (unpaired) electrons. The zero-order valence-corrected chi connectivity index (χ0v) is 32.8. The Bertz CT molecular complexity index is 1910. The fourth-order valence-corrected chi connectivity index (χ4v) is 6.58. The Morgan fingerprint density at radius 2 is 0.625 bits per heavy atom. The number of rotatable bonds is 17. The van der Waals surface area contributed by atoms with Crippen molar-refractivity contribution < 1.29 is 29.2 Å². The second kappa shape index (κ2) is 18.3. The minimum Gasteiger partial charge on any atom is -0.508 e. The Labute approximate surface area is 329 Å². The van der Waals surface area contributed by atoms with Crippen molar-refractivity contribution in [3.05, 3.63) is 145 Å². The Hall–Kier alpha value is -6.36. The van der Waals surface area contributed by atoms with Crippen LogP contribution >= 0.6 is 0 Å². The van der Waals surface area contributed by atoms with Gasteiger partial charge in [0.05, 0.1) is 28.4 Å². The highest BCUT2D eigenvalue weighted by molar-refractivity contribution is 5.79. The molecule has 0 saturated heterocycles. The first kappa shape index (κ1) is 39.3. The molecule has 0 fully saturated rings. The molecule has 0 atom stereocenters. The molecule has 0 heterocycles. The van der Waals surface area contributed by atoms with Crippen LogP contribution in [0.4, 0.5) is 34.1 Å². The van der Waals surface area contributed by atoms with Crippen LogP contribution in [-0.2, 0) is 13.1 Å². The largest absolute Gasteiger partial charge is 0.508 e. The van der Waals surface area contributed by atoms with Crippen molar-refractivity contribution in [1.82, 2.24) is 9.80 Å². The van der Waals surface area contributed by atoms with Gasteiger partial charge in [0, 0.05) is 71.4 Å². The van der Waals surface area contributed by atoms with Crippen LogP contribution < -0.4 is 28.7 Å². The van der Waals surface area contributed by atoms with E-state index in [-0.39, 0.29) is 11.5 Å². The van der Waals surface area contributed by atoms with E-state index in [0.29, 0.717) is 13.1 Å². The average Bonchev–Trinajstić information content (AvgIpc) is 3.23. The zero-order valence-electron chi connectivity index (χ0n) is 32.8. The van der Waals surface area contributed by atoms with Crippen LogP contribution in [0.1, 0.15) is 11.1 Å². The first-order valence-corrected chi connectivity index (χ1v) is 18.4. The van der Waals surface area contributed by atoms with Crippen LogP contribution in [-0.4, -0.2) is 75.6 Å². The second-order valence-corrected chi connectivity index (χ2v) is 13.6. The lowest BCUT2D eigenvalue weighted by atomic mass is 10.1. The Kier molecular flexibility index (Phi) is 12.9. The number of anilines is 6. The van der Waals surface area contributed by atoms with E-state index in [1.165, 1.54) is 0 Å². The standard InChI is InChI=1S/C46H50N4O6/c1-47(31-33-29-39(15-25-45(33)51)49(35-7-17-41(53-3)18-8-35)36-9-19-42(54-4)20-10-36)27-28-48(2)32-34-30-40(16-26-46(34)52)50(37-11-21-43(55-5)22-12-37)38-13-23-44(56-6)24-14-38/h7-26,29-30,51-52H,27-28,31-32H2,1-6H3. The summed E-state index contributed by atoms with van der Waals surface area (Å²) >= 11 is 0. The van der Waals surface area contributed by atoms with Crippen molar-refractivity contribution in [2.24, 2.45) is 0 Å². The number of benzene rings is 6. The van der Waals surface area contributed by atoms with Crippen molar-refractivity contribution in [1.29, 1.82) is 0 Å². The normalized spacial score (nSPS) is 11.1. The number of nitrogens with zero attached hydrogens (tertiary/aromatic N) is 4. The zero-order chi connectivity index (χ0) is 39.6. The van der Waals surface area contributed by atoms with Gasteiger partial charge in [0.1, 0.15) is 34.5 Å². The van der Waals surface area contributed by atoms with Crippen molar-refractivity contribution in [3.8, 4) is 34.5 Å². The first-order chi connectivity index (χ1) is 27.2. The fourth-order valence-electron chi connectivity index (χ4n) is 6.58. The summed E-state index contributed by atoms with van der Waals surface area (Å²) in [6.45, 7) is 2.52. The molecule has 0 aliphatic rings. The molecule has 6 aromatic rings. The van der Waals surface area contributed by atoms with Crippen LogP contribution in [0.5, 0.6) is 34.5 Å². The van der Waals surface area contributed by atoms with Gasteiger partial charge in [-0.15, -0.1) is 0 Å². The molecule has 6 aromatic carbocycles. The number of hydrogen-bond acceptors (Lipinski definition) is 10. The number of phenolic OH excluding ortho intramolecular Hbond substituents is 2. The van der Waals surface area contributed by atoms with Gasteiger partial charge in [-0.1, -0.05) is 0 Å². The first-order valence-electron chi connectivity index (χ1n) is 18.4. The molecule has 56 heavy (non-hydrogen) atoms. The van der Waals surface area contributed by atoms with Gasteiger partial charge in [0.15, 0.2) is 0 Å². The maximum Gasteiger partial charge on any atom is 0.120 e. The van der Waals surface area contributed by atoms with Gasteiger partial charge < -0.3 is 48.8 Å². The monoisotopic (exact) mass is 754 g/mol. The third-order valence-corrected chi connectivity index (χ3v) is 9.71. The summed E-state index contributed by atoms with van der Waals surface area (Å²) in [7, 11) is 10.7. The van der Waals surface area contributed by atoms with E-state index in [9.17, 15) is 10.2 Å². The average molecular weight is 755 g/mol. The molecule has 0 aromatic heterocycles. The molecule has 0 aliphatic heterocycles. The summed E-state index contributed by atoms with van der Waals surface area (Å²) < 4.78 is 21.6.